The molecule has 0 bridgehead atoms. The number of hydrogen-bond acceptors (Lipinski definition) is 5. The normalized spacial score (nSPS) is 14.4. The summed E-state index contributed by atoms with van der Waals surface area (Å²) in [5.41, 5.74) is 2.78. The van der Waals surface area contributed by atoms with E-state index in [1.165, 1.54) is 5.69 Å². The van der Waals surface area contributed by atoms with E-state index in [4.69, 9.17) is 4.98 Å². The van der Waals surface area contributed by atoms with Crippen LogP contribution in [0.1, 0.15) is 42.7 Å². The second-order valence-electron chi connectivity index (χ2n) is 6.39. The fourth-order valence-electron chi connectivity index (χ4n) is 3.45. The molecule has 1 aliphatic heterocycles. The predicted molar refractivity (Wildman–Crippen MR) is 86.7 cm³/mol. The van der Waals surface area contributed by atoms with Crippen molar-refractivity contribution in [3.05, 3.63) is 33.0 Å². The van der Waals surface area contributed by atoms with Crippen LogP contribution in [0.15, 0.2) is 0 Å². The zero-order chi connectivity index (χ0) is 16.9. The van der Waals surface area contributed by atoms with Gasteiger partial charge >= 0.3 is 5.69 Å². The van der Waals surface area contributed by atoms with Crippen LogP contribution in [-0.4, -0.2) is 30.8 Å². The Labute approximate surface area is 134 Å². The average molecular weight is 318 g/mol. The summed E-state index contributed by atoms with van der Waals surface area (Å²) >= 11 is 0. The van der Waals surface area contributed by atoms with Crippen LogP contribution in [0.2, 0.25) is 0 Å². The maximum absolute atomic E-state index is 11.4. The minimum Gasteiger partial charge on any atom is -0.345 e. The Bertz CT molecular complexity index is 774. The van der Waals surface area contributed by atoms with E-state index < -0.39 is 0 Å². The van der Waals surface area contributed by atoms with Gasteiger partial charge in [-0.1, -0.05) is 13.8 Å². The predicted octanol–water partition coefficient (Wildman–Crippen LogP) is 2.06. The minimum absolute atomic E-state index is 0.0935. The largest absolute Gasteiger partial charge is 0.345 e. The van der Waals surface area contributed by atoms with Gasteiger partial charge in [0, 0.05) is 38.7 Å². The number of nitrogens with zero attached hydrogens (tertiary/aromatic N) is 6. The Kier molecular flexibility index (Phi) is 3.62. The van der Waals surface area contributed by atoms with Gasteiger partial charge in [0.25, 0.3) is 0 Å². The van der Waals surface area contributed by atoms with Gasteiger partial charge in [-0.15, -0.1) is 0 Å². The molecule has 8 nitrogen and oxygen atoms in total. The van der Waals surface area contributed by atoms with E-state index in [0.717, 1.165) is 24.5 Å². The SMILES string of the molecule is Cc1nn(C)c(N2CCc3c(nc(C(C)C)n3C)C2)c1[N+](=O)[O-]. The number of nitro groups is 1. The van der Waals surface area contributed by atoms with E-state index in [-0.39, 0.29) is 10.6 Å². The summed E-state index contributed by atoms with van der Waals surface area (Å²) in [5.74, 6) is 1.98. The van der Waals surface area contributed by atoms with Crippen molar-refractivity contribution >= 4 is 11.5 Å². The van der Waals surface area contributed by atoms with E-state index in [1.54, 1.807) is 18.7 Å². The van der Waals surface area contributed by atoms with Crippen LogP contribution >= 0.6 is 0 Å². The van der Waals surface area contributed by atoms with Crippen molar-refractivity contribution in [3.63, 3.8) is 0 Å². The number of imidazole rings is 1. The molecule has 8 heteroatoms. The summed E-state index contributed by atoms with van der Waals surface area (Å²) in [6.07, 6.45) is 0.826. The lowest BCUT2D eigenvalue weighted by molar-refractivity contribution is -0.384. The van der Waals surface area contributed by atoms with Crippen LogP contribution < -0.4 is 4.90 Å². The standard InChI is InChI=1S/C15H22N6O2/c1-9(2)14-16-11-8-20(7-6-12(11)18(14)4)15-13(21(22)23)10(3)17-19(15)5/h9H,6-8H2,1-5H3. The average Bonchev–Trinajstić information content (AvgIpc) is 2.95. The summed E-state index contributed by atoms with van der Waals surface area (Å²) in [7, 11) is 3.80. The Morgan fingerprint density at radius 1 is 1.30 bits per heavy atom. The molecule has 0 radical (unpaired) electrons. The third-order valence-electron chi connectivity index (χ3n) is 4.45. The Morgan fingerprint density at radius 2 is 2.00 bits per heavy atom. The van der Waals surface area contributed by atoms with Crippen molar-refractivity contribution in [2.24, 2.45) is 14.1 Å². The lowest BCUT2D eigenvalue weighted by Gasteiger charge is -2.27. The molecule has 0 N–H and O–H groups in total. The third-order valence-corrected chi connectivity index (χ3v) is 4.45. The zero-order valence-electron chi connectivity index (χ0n) is 14.2. The van der Waals surface area contributed by atoms with Gasteiger partial charge in [-0.05, 0) is 6.92 Å². The first kappa shape index (κ1) is 15.5. The summed E-state index contributed by atoms with van der Waals surface area (Å²) in [6, 6.07) is 0. The van der Waals surface area contributed by atoms with E-state index in [9.17, 15) is 10.1 Å². The van der Waals surface area contributed by atoms with Gasteiger partial charge in [-0.2, -0.15) is 5.10 Å². The zero-order valence-corrected chi connectivity index (χ0v) is 14.2. The van der Waals surface area contributed by atoms with Crippen LogP contribution in [0.3, 0.4) is 0 Å². The Morgan fingerprint density at radius 3 is 2.61 bits per heavy atom. The molecule has 0 spiro atoms. The van der Waals surface area contributed by atoms with Gasteiger partial charge in [-0.3, -0.25) is 10.1 Å². The lowest BCUT2D eigenvalue weighted by atomic mass is 10.1. The van der Waals surface area contributed by atoms with Crippen molar-refractivity contribution in [1.82, 2.24) is 19.3 Å². The van der Waals surface area contributed by atoms with Gasteiger partial charge in [0.1, 0.15) is 11.5 Å². The van der Waals surface area contributed by atoms with Crippen LogP contribution in [0, 0.1) is 17.0 Å². The van der Waals surface area contributed by atoms with Crippen LogP contribution in [0.5, 0.6) is 0 Å². The quantitative estimate of drug-likeness (QED) is 0.639. The minimum atomic E-state index is -0.342. The number of anilines is 1. The molecule has 0 unspecified atom stereocenters. The van der Waals surface area contributed by atoms with E-state index in [1.807, 2.05) is 11.9 Å². The molecule has 124 valence electrons. The van der Waals surface area contributed by atoms with E-state index in [0.29, 0.717) is 24.0 Å². The van der Waals surface area contributed by atoms with E-state index in [2.05, 4.69) is 23.5 Å². The van der Waals surface area contributed by atoms with Gasteiger partial charge in [0.2, 0.25) is 5.82 Å². The topological polar surface area (TPSA) is 82.0 Å². The maximum Gasteiger partial charge on any atom is 0.333 e. The highest BCUT2D eigenvalue weighted by molar-refractivity contribution is 5.62. The molecule has 0 fully saturated rings. The molecule has 0 amide bonds. The molecular formula is C15H22N6O2. The van der Waals surface area contributed by atoms with Crippen molar-refractivity contribution in [2.75, 3.05) is 11.4 Å². The summed E-state index contributed by atoms with van der Waals surface area (Å²) < 4.78 is 3.77. The second-order valence-corrected chi connectivity index (χ2v) is 6.39. The maximum atomic E-state index is 11.4. The van der Waals surface area contributed by atoms with Crippen LogP contribution in [0.25, 0.3) is 0 Å². The lowest BCUT2D eigenvalue weighted by Crippen LogP contribution is -2.33. The van der Waals surface area contributed by atoms with Crippen LogP contribution in [0.4, 0.5) is 11.5 Å². The molecule has 1 aliphatic rings. The van der Waals surface area contributed by atoms with Gasteiger partial charge < -0.3 is 9.47 Å². The van der Waals surface area contributed by atoms with Crippen LogP contribution in [-0.2, 0) is 27.1 Å². The van der Waals surface area contributed by atoms with Gasteiger partial charge in [0.05, 0.1) is 17.2 Å². The number of fused-ring (bicyclic) bond motifs is 1. The van der Waals surface area contributed by atoms with Crippen molar-refractivity contribution in [2.45, 2.75) is 39.7 Å². The molecule has 3 heterocycles. The fraction of sp³-hybridized carbons (Fsp3) is 0.600. The smallest absolute Gasteiger partial charge is 0.333 e. The number of aromatic nitrogens is 4. The summed E-state index contributed by atoms with van der Waals surface area (Å²) in [4.78, 5) is 17.8. The number of hydrogen-bond donors (Lipinski definition) is 0. The summed E-state index contributed by atoms with van der Waals surface area (Å²) in [6.45, 7) is 7.23. The molecule has 0 aliphatic carbocycles. The fourth-order valence-corrected chi connectivity index (χ4v) is 3.45. The first-order valence-electron chi connectivity index (χ1n) is 7.78. The monoisotopic (exact) mass is 318 g/mol. The second kappa shape index (κ2) is 5.36. The van der Waals surface area contributed by atoms with Gasteiger partial charge in [-0.25, -0.2) is 9.67 Å². The molecule has 2 aromatic rings. The first-order chi connectivity index (χ1) is 10.8. The first-order valence-corrected chi connectivity index (χ1v) is 7.78. The molecule has 23 heavy (non-hydrogen) atoms. The molecule has 2 aromatic heterocycles. The molecule has 0 saturated carbocycles. The molecule has 0 atom stereocenters. The van der Waals surface area contributed by atoms with Crippen molar-refractivity contribution in [1.29, 1.82) is 0 Å². The molecular weight excluding hydrogens is 296 g/mol. The highest BCUT2D eigenvalue weighted by atomic mass is 16.6. The Hall–Kier alpha value is -2.38. The van der Waals surface area contributed by atoms with E-state index >= 15 is 0 Å². The van der Waals surface area contributed by atoms with Crippen molar-refractivity contribution < 1.29 is 4.92 Å². The van der Waals surface area contributed by atoms with Crippen molar-refractivity contribution in [3.8, 4) is 0 Å². The summed E-state index contributed by atoms with van der Waals surface area (Å²) in [5, 5.41) is 15.6. The molecule has 0 aromatic carbocycles. The third kappa shape index (κ3) is 2.38. The Balaban J connectivity index is 2.00. The highest BCUT2D eigenvalue weighted by Crippen LogP contribution is 2.34. The van der Waals surface area contributed by atoms with Gasteiger partial charge in [0.15, 0.2) is 0 Å². The number of rotatable bonds is 3. The number of aryl methyl sites for hydroxylation is 2. The molecule has 0 saturated heterocycles. The molecule has 3 rings (SSSR count). The highest BCUT2D eigenvalue weighted by Gasteiger charge is 2.32.